The van der Waals surface area contributed by atoms with Crippen LogP contribution in [0, 0.1) is 0 Å². The van der Waals surface area contributed by atoms with E-state index in [1.165, 1.54) is 58.5 Å². The minimum atomic E-state index is -1.80. The van der Waals surface area contributed by atoms with Crippen molar-refractivity contribution in [2.75, 3.05) is 7.11 Å². The Kier molecular flexibility index (Phi) is 10.5. The molecule has 1 atom stereocenters. The van der Waals surface area contributed by atoms with Gasteiger partial charge in [-0.2, -0.15) is 0 Å². The Morgan fingerprint density at radius 2 is 1.57 bits per heavy atom. The highest BCUT2D eigenvalue weighted by Crippen LogP contribution is 2.35. The van der Waals surface area contributed by atoms with Crippen molar-refractivity contribution in [3.8, 4) is 5.75 Å². The van der Waals surface area contributed by atoms with Crippen LogP contribution in [-0.4, -0.2) is 12.0 Å². The molecule has 0 radical (unpaired) electrons. The molecule has 1 aromatic rings. The Balaban J connectivity index is 2.22. The summed E-state index contributed by atoms with van der Waals surface area (Å²) >= 11 is 0. The lowest BCUT2D eigenvalue weighted by molar-refractivity contribution is 0.316. The van der Waals surface area contributed by atoms with Crippen molar-refractivity contribution >= 4 is 8.60 Å². The lowest BCUT2D eigenvalue weighted by Gasteiger charge is -2.12. The molecule has 0 amide bonds. The van der Waals surface area contributed by atoms with Crippen molar-refractivity contribution in [2.24, 2.45) is 0 Å². The van der Waals surface area contributed by atoms with Gasteiger partial charge in [0, 0.05) is 7.11 Å². The maximum atomic E-state index is 9.47. The van der Waals surface area contributed by atoms with Crippen LogP contribution in [0.1, 0.15) is 63.9 Å². The summed E-state index contributed by atoms with van der Waals surface area (Å²) in [7, 11) is -0.350. The van der Waals surface area contributed by atoms with Crippen molar-refractivity contribution in [1.29, 1.82) is 0 Å². The van der Waals surface area contributed by atoms with Gasteiger partial charge in [-0.1, -0.05) is 70.1 Å². The largest absolute Gasteiger partial charge is 0.427 e. The zero-order chi connectivity index (χ0) is 15.3. The number of rotatable bonds is 12. The SMILES string of the molecule is CCCCCCCCCCc1ccccc1OP(O)OC. The van der Waals surface area contributed by atoms with Gasteiger partial charge < -0.3 is 13.9 Å². The predicted octanol–water partition coefficient (Wildman–Crippen LogP) is 5.61. The zero-order valence-corrected chi connectivity index (χ0v) is 14.3. The standard InChI is InChI=1S/C17H29O3P/c1-3-4-5-6-7-8-9-10-13-16-14-11-12-15-17(16)20-21(18)19-2/h11-12,14-15,18H,3-10,13H2,1-2H3. The van der Waals surface area contributed by atoms with E-state index in [4.69, 9.17) is 9.05 Å². The minimum Gasteiger partial charge on any atom is -0.427 e. The van der Waals surface area contributed by atoms with Crippen LogP contribution in [0.4, 0.5) is 0 Å². The lowest BCUT2D eigenvalue weighted by Crippen LogP contribution is -1.94. The van der Waals surface area contributed by atoms with Crippen LogP contribution in [0.15, 0.2) is 24.3 Å². The van der Waals surface area contributed by atoms with Gasteiger partial charge in [0.25, 0.3) is 0 Å². The van der Waals surface area contributed by atoms with E-state index in [2.05, 4.69) is 13.0 Å². The molecule has 0 aliphatic carbocycles. The van der Waals surface area contributed by atoms with Gasteiger partial charge in [0.1, 0.15) is 5.75 Å². The minimum absolute atomic E-state index is 0.746. The molecule has 0 aromatic heterocycles. The summed E-state index contributed by atoms with van der Waals surface area (Å²) in [5.74, 6) is 0.746. The molecule has 3 nitrogen and oxygen atoms in total. The van der Waals surface area contributed by atoms with Gasteiger partial charge in [-0.05, 0) is 24.5 Å². The molecule has 0 aliphatic rings. The van der Waals surface area contributed by atoms with Crippen molar-refractivity contribution in [3.05, 3.63) is 29.8 Å². The van der Waals surface area contributed by atoms with Crippen LogP contribution < -0.4 is 4.52 Å². The Labute approximate surface area is 130 Å². The quantitative estimate of drug-likeness (QED) is 0.402. The Bertz CT molecular complexity index is 371. The van der Waals surface area contributed by atoms with Crippen LogP contribution >= 0.6 is 8.60 Å². The van der Waals surface area contributed by atoms with E-state index in [1.807, 2.05) is 18.2 Å². The molecule has 0 saturated carbocycles. The number of hydrogen-bond acceptors (Lipinski definition) is 3. The van der Waals surface area contributed by atoms with Crippen LogP contribution in [0.5, 0.6) is 5.75 Å². The number of para-hydroxylation sites is 1. The molecule has 0 bridgehead atoms. The molecular weight excluding hydrogens is 283 g/mol. The normalized spacial score (nSPS) is 12.3. The first-order chi connectivity index (χ1) is 10.3. The van der Waals surface area contributed by atoms with Crippen molar-refractivity contribution in [3.63, 3.8) is 0 Å². The summed E-state index contributed by atoms with van der Waals surface area (Å²) in [4.78, 5) is 9.47. The molecule has 1 N–H and O–H groups in total. The maximum Gasteiger partial charge on any atom is 0.394 e. The highest BCUT2D eigenvalue weighted by Gasteiger charge is 2.09. The van der Waals surface area contributed by atoms with E-state index in [-0.39, 0.29) is 0 Å². The van der Waals surface area contributed by atoms with Crippen molar-refractivity contribution < 1.29 is 13.9 Å². The molecule has 1 rings (SSSR count). The number of unbranched alkanes of at least 4 members (excludes halogenated alkanes) is 7. The second kappa shape index (κ2) is 12.0. The summed E-state index contributed by atoms with van der Waals surface area (Å²) in [5, 5.41) is 0. The monoisotopic (exact) mass is 312 g/mol. The van der Waals surface area contributed by atoms with E-state index in [1.54, 1.807) is 0 Å². The Morgan fingerprint density at radius 3 is 2.24 bits per heavy atom. The predicted molar refractivity (Wildman–Crippen MR) is 89.5 cm³/mol. The van der Waals surface area contributed by atoms with Crippen LogP contribution in [0.25, 0.3) is 0 Å². The van der Waals surface area contributed by atoms with Gasteiger partial charge in [-0.3, -0.25) is 0 Å². The molecule has 1 aromatic carbocycles. The summed E-state index contributed by atoms with van der Waals surface area (Å²) in [5.41, 5.74) is 1.15. The maximum absolute atomic E-state index is 9.47. The van der Waals surface area contributed by atoms with Gasteiger partial charge in [0.15, 0.2) is 0 Å². The fraction of sp³-hybridized carbons (Fsp3) is 0.647. The zero-order valence-electron chi connectivity index (χ0n) is 13.4. The second-order valence-electron chi connectivity index (χ2n) is 5.34. The first-order valence-corrected chi connectivity index (χ1v) is 9.20. The van der Waals surface area contributed by atoms with Crippen LogP contribution in [-0.2, 0) is 10.9 Å². The first kappa shape index (κ1) is 18.4. The summed E-state index contributed by atoms with van der Waals surface area (Å²) < 4.78 is 10.2. The number of hydrogen-bond donors (Lipinski definition) is 1. The molecule has 0 fully saturated rings. The summed E-state index contributed by atoms with van der Waals surface area (Å²) in [6.45, 7) is 2.25. The topological polar surface area (TPSA) is 38.7 Å². The van der Waals surface area contributed by atoms with E-state index in [9.17, 15) is 4.89 Å². The van der Waals surface area contributed by atoms with Gasteiger partial charge in [-0.25, -0.2) is 0 Å². The van der Waals surface area contributed by atoms with E-state index < -0.39 is 8.60 Å². The van der Waals surface area contributed by atoms with Crippen LogP contribution in [0.3, 0.4) is 0 Å². The summed E-state index contributed by atoms with van der Waals surface area (Å²) in [6.07, 6.45) is 11.5. The average molecular weight is 312 g/mol. The lowest BCUT2D eigenvalue weighted by atomic mass is 10.0. The third kappa shape index (κ3) is 8.40. The second-order valence-corrected chi connectivity index (χ2v) is 6.37. The summed E-state index contributed by atoms with van der Waals surface area (Å²) in [6, 6.07) is 7.89. The Hall–Kier alpha value is -0.630. The van der Waals surface area contributed by atoms with Gasteiger partial charge >= 0.3 is 8.60 Å². The molecular formula is C17H29O3P. The van der Waals surface area contributed by atoms with Gasteiger partial charge in [0.05, 0.1) is 0 Å². The van der Waals surface area contributed by atoms with E-state index in [0.29, 0.717) is 0 Å². The Morgan fingerprint density at radius 1 is 0.952 bits per heavy atom. The van der Waals surface area contributed by atoms with Crippen molar-refractivity contribution in [1.82, 2.24) is 0 Å². The van der Waals surface area contributed by atoms with E-state index >= 15 is 0 Å². The number of aryl methyl sites for hydroxylation is 1. The third-order valence-electron chi connectivity index (χ3n) is 3.60. The molecule has 21 heavy (non-hydrogen) atoms. The first-order valence-electron chi connectivity index (χ1n) is 8.07. The molecule has 4 heteroatoms. The highest BCUT2D eigenvalue weighted by molar-refractivity contribution is 7.41. The van der Waals surface area contributed by atoms with E-state index in [0.717, 1.165) is 17.7 Å². The smallest absolute Gasteiger partial charge is 0.394 e. The molecule has 0 spiro atoms. The van der Waals surface area contributed by atoms with Gasteiger partial charge in [0.2, 0.25) is 0 Å². The highest BCUT2D eigenvalue weighted by atomic mass is 31.2. The average Bonchev–Trinajstić information content (AvgIpc) is 2.51. The third-order valence-corrected chi connectivity index (χ3v) is 4.27. The molecule has 0 saturated heterocycles. The van der Waals surface area contributed by atoms with Gasteiger partial charge in [-0.15, -0.1) is 0 Å². The molecule has 1 unspecified atom stereocenters. The fourth-order valence-electron chi connectivity index (χ4n) is 2.37. The molecule has 0 heterocycles. The number of benzene rings is 1. The fourth-order valence-corrected chi connectivity index (χ4v) is 2.79. The van der Waals surface area contributed by atoms with Crippen LogP contribution in [0.2, 0.25) is 0 Å². The molecule has 120 valence electrons. The van der Waals surface area contributed by atoms with Crippen molar-refractivity contribution in [2.45, 2.75) is 64.7 Å². The molecule has 0 aliphatic heterocycles.